The monoisotopic (exact) mass is 196 g/mol. The van der Waals surface area contributed by atoms with Crippen LogP contribution in [-0.2, 0) is 13.5 Å². The third-order valence-corrected chi connectivity index (χ3v) is 2.60. The summed E-state index contributed by atoms with van der Waals surface area (Å²) in [5.41, 5.74) is -0.541. The van der Waals surface area contributed by atoms with Gasteiger partial charge in [0.05, 0.1) is 5.60 Å². The Morgan fingerprint density at radius 2 is 2.21 bits per heavy atom. The van der Waals surface area contributed by atoms with Gasteiger partial charge in [-0.25, -0.2) is 4.98 Å². The molecule has 0 aliphatic rings. The van der Waals surface area contributed by atoms with Crippen molar-refractivity contribution < 1.29 is 5.11 Å². The Labute approximate surface area is 85.8 Å². The molecule has 1 N–H and O–H groups in total. The maximum Gasteiger partial charge on any atom is 0.108 e. The Balaban J connectivity index is 2.44. The zero-order valence-electron chi connectivity index (χ0n) is 9.32. The van der Waals surface area contributed by atoms with E-state index in [1.54, 1.807) is 6.20 Å². The molecule has 0 aromatic carbocycles. The third kappa shape index (κ3) is 3.14. The maximum absolute atomic E-state index is 9.97. The zero-order valence-corrected chi connectivity index (χ0v) is 9.32. The SMILES string of the molecule is CCCC(C)(O)CCc1nccn1C. The van der Waals surface area contributed by atoms with E-state index < -0.39 is 5.60 Å². The van der Waals surface area contributed by atoms with E-state index in [4.69, 9.17) is 0 Å². The molecule has 3 heteroatoms. The Morgan fingerprint density at radius 1 is 1.50 bits per heavy atom. The Morgan fingerprint density at radius 3 is 2.71 bits per heavy atom. The molecule has 0 aliphatic carbocycles. The van der Waals surface area contributed by atoms with Crippen LogP contribution in [0, 0.1) is 0 Å². The van der Waals surface area contributed by atoms with E-state index in [9.17, 15) is 5.11 Å². The van der Waals surface area contributed by atoms with Gasteiger partial charge in [-0.3, -0.25) is 0 Å². The maximum atomic E-state index is 9.97. The molecule has 1 aromatic rings. The molecule has 14 heavy (non-hydrogen) atoms. The van der Waals surface area contributed by atoms with Gasteiger partial charge in [0.15, 0.2) is 0 Å². The van der Waals surface area contributed by atoms with Gasteiger partial charge in [-0.2, -0.15) is 0 Å². The summed E-state index contributed by atoms with van der Waals surface area (Å²) in [6.45, 7) is 3.99. The lowest BCUT2D eigenvalue weighted by atomic mass is 9.95. The Bertz CT molecular complexity index is 279. The van der Waals surface area contributed by atoms with Gasteiger partial charge in [0.1, 0.15) is 5.82 Å². The minimum Gasteiger partial charge on any atom is -0.390 e. The summed E-state index contributed by atoms with van der Waals surface area (Å²) in [4.78, 5) is 4.23. The number of aliphatic hydroxyl groups is 1. The van der Waals surface area contributed by atoms with Gasteiger partial charge >= 0.3 is 0 Å². The summed E-state index contributed by atoms with van der Waals surface area (Å²) in [6.07, 6.45) is 7.24. The van der Waals surface area contributed by atoms with Crippen LogP contribution in [0.3, 0.4) is 0 Å². The fourth-order valence-electron chi connectivity index (χ4n) is 1.68. The number of imidazole rings is 1. The molecular formula is C11H20N2O. The molecular weight excluding hydrogens is 176 g/mol. The van der Waals surface area contributed by atoms with Crippen LogP contribution >= 0.6 is 0 Å². The van der Waals surface area contributed by atoms with Crippen LogP contribution in [-0.4, -0.2) is 20.3 Å². The normalized spacial score (nSPS) is 15.4. The topological polar surface area (TPSA) is 38.1 Å². The fourth-order valence-corrected chi connectivity index (χ4v) is 1.68. The standard InChI is InChI=1S/C11H20N2O/c1-4-6-11(2,14)7-5-10-12-8-9-13(10)3/h8-9,14H,4-7H2,1-3H3. The molecule has 0 radical (unpaired) electrons. The number of nitrogens with zero attached hydrogens (tertiary/aromatic N) is 2. The molecule has 1 aromatic heterocycles. The molecule has 80 valence electrons. The quantitative estimate of drug-likeness (QED) is 0.781. The highest BCUT2D eigenvalue weighted by molar-refractivity contribution is 4.92. The lowest BCUT2D eigenvalue weighted by molar-refractivity contribution is 0.0409. The van der Waals surface area contributed by atoms with Gasteiger partial charge in [-0.05, 0) is 19.8 Å². The summed E-state index contributed by atoms with van der Waals surface area (Å²) in [6, 6.07) is 0. The van der Waals surface area contributed by atoms with Gasteiger partial charge in [0.2, 0.25) is 0 Å². The van der Waals surface area contributed by atoms with E-state index in [-0.39, 0.29) is 0 Å². The molecule has 0 amide bonds. The second-order valence-electron chi connectivity index (χ2n) is 4.20. The van der Waals surface area contributed by atoms with E-state index in [1.165, 1.54) is 0 Å². The van der Waals surface area contributed by atoms with Crippen molar-refractivity contribution in [1.82, 2.24) is 9.55 Å². The third-order valence-electron chi connectivity index (χ3n) is 2.60. The summed E-state index contributed by atoms with van der Waals surface area (Å²) >= 11 is 0. The van der Waals surface area contributed by atoms with Crippen molar-refractivity contribution in [2.24, 2.45) is 7.05 Å². The largest absolute Gasteiger partial charge is 0.390 e. The average Bonchev–Trinajstić information content (AvgIpc) is 2.48. The van der Waals surface area contributed by atoms with Crippen molar-refractivity contribution in [3.63, 3.8) is 0 Å². The number of hydrogen-bond donors (Lipinski definition) is 1. The Kier molecular flexibility index (Phi) is 3.69. The molecule has 0 fully saturated rings. The number of aromatic nitrogens is 2. The number of hydrogen-bond acceptors (Lipinski definition) is 2. The second kappa shape index (κ2) is 4.60. The zero-order chi connectivity index (χ0) is 10.6. The van der Waals surface area contributed by atoms with Gasteiger partial charge in [-0.15, -0.1) is 0 Å². The first-order chi connectivity index (χ1) is 6.55. The molecule has 0 aliphatic heterocycles. The van der Waals surface area contributed by atoms with Crippen LogP contribution in [0.2, 0.25) is 0 Å². The predicted octanol–water partition coefficient (Wildman–Crippen LogP) is 1.90. The van der Waals surface area contributed by atoms with E-state index in [1.807, 2.05) is 24.7 Å². The van der Waals surface area contributed by atoms with Crippen molar-refractivity contribution in [2.75, 3.05) is 0 Å². The summed E-state index contributed by atoms with van der Waals surface area (Å²) in [7, 11) is 1.98. The van der Waals surface area contributed by atoms with Crippen LogP contribution in [0.15, 0.2) is 12.4 Å². The predicted molar refractivity (Wildman–Crippen MR) is 57.1 cm³/mol. The van der Waals surface area contributed by atoms with Gasteiger partial charge in [0.25, 0.3) is 0 Å². The van der Waals surface area contributed by atoms with Gasteiger partial charge < -0.3 is 9.67 Å². The van der Waals surface area contributed by atoms with Gasteiger partial charge in [-0.1, -0.05) is 13.3 Å². The highest BCUT2D eigenvalue weighted by atomic mass is 16.3. The van der Waals surface area contributed by atoms with E-state index in [0.717, 1.165) is 31.5 Å². The molecule has 1 rings (SSSR count). The summed E-state index contributed by atoms with van der Waals surface area (Å²) in [5, 5.41) is 9.97. The smallest absolute Gasteiger partial charge is 0.108 e. The van der Waals surface area contributed by atoms with Crippen LogP contribution < -0.4 is 0 Å². The first-order valence-corrected chi connectivity index (χ1v) is 5.24. The minimum absolute atomic E-state index is 0.541. The van der Waals surface area contributed by atoms with Crippen molar-refractivity contribution in [1.29, 1.82) is 0 Å². The first kappa shape index (κ1) is 11.2. The molecule has 1 atom stereocenters. The second-order valence-corrected chi connectivity index (χ2v) is 4.20. The van der Waals surface area contributed by atoms with Crippen molar-refractivity contribution in [3.05, 3.63) is 18.2 Å². The van der Waals surface area contributed by atoms with E-state index in [0.29, 0.717) is 0 Å². The van der Waals surface area contributed by atoms with E-state index in [2.05, 4.69) is 11.9 Å². The van der Waals surface area contributed by atoms with Crippen molar-refractivity contribution in [2.45, 2.75) is 45.1 Å². The van der Waals surface area contributed by atoms with Crippen molar-refractivity contribution >= 4 is 0 Å². The summed E-state index contributed by atoms with van der Waals surface area (Å²) in [5.74, 6) is 1.04. The van der Waals surface area contributed by atoms with Crippen LogP contribution in [0.25, 0.3) is 0 Å². The lowest BCUT2D eigenvalue weighted by Gasteiger charge is -2.22. The molecule has 1 unspecified atom stereocenters. The highest BCUT2D eigenvalue weighted by Gasteiger charge is 2.19. The van der Waals surface area contributed by atoms with E-state index >= 15 is 0 Å². The Hall–Kier alpha value is -0.830. The molecule has 0 bridgehead atoms. The van der Waals surface area contributed by atoms with Crippen LogP contribution in [0.5, 0.6) is 0 Å². The highest BCUT2D eigenvalue weighted by Crippen LogP contribution is 2.18. The molecule has 1 heterocycles. The molecule has 0 spiro atoms. The fraction of sp³-hybridized carbons (Fsp3) is 0.727. The van der Waals surface area contributed by atoms with Crippen LogP contribution in [0.1, 0.15) is 38.9 Å². The minimum atomic E-state index is -0.541. The van der Waals surface area contributed by atoms with Gasteiger partial charge in [0, 0.05) is 25.9 Å². The number of aryl methyl sites for hydroxylation is 2. The average molecular weight is 196 g/mol. The molecule has 0 saturated carbocycles. The first-order valence-electron chi connectivity index (χ1n) is 5.24. The summed E-state index contributed by atoms with van der Waals surface area (Å²) < 4.78 is 2.00. The lowest BCUT2D eigenvalue weighted by Crippen LogP contribution is -2.24. The van der Waals surface area contributed by atoms with Crippen LogP contribution in [0.4, 0.5) is 0 Å². The molecule has 0 saturated heterocycles. The van der Waals surface area contributed by atoms with Crippen molar-refractivity contribution in [3.8, 4) is 0 Å². The molecule has 3 nitrogen and oxygen atoms in total. The number of rotatable bonds is 5.